The van der Waals surface area contributed by atoms with E-state index >= 15 is 0 Å². The number of ether oxygens (including phenoxy) is 1. The molecule has 3 rings (SSSR count). The Kier molecular flexibility index (Phi) is 4.11. The summed E-state index contributed by atoms with van der Waals surface area (Å²) in [4.78, 5) is 28.7. The van der Waals surface area contributed by atoms with E-state index in [4.69, 9.17) is 4.74 Å². The van der Waals surface area contributed by atoms with Crippen LogP contribution in [0.15, 0.2) is 16.1 Å². The van der Waals surface area contributed by atoms with Gasteiger partial charge in [0.2, 0.25) is 5.95 Å². The van der Waals surface area contributed by atoms with Gasteiger partial charge in [0.15, 0.2) is 11.2 Å². The van der Waals surface area contributed by atoms with E-state index < -0.39 is 24.0 Å². The lowest BCUT2D eigenvalue weighted by molar-refractivity contribution is -0.0432. The fourth-order valence-corrected chi connectivity index (χ4v) is 2.41. The minimum absolute atomic E-state index is 0.148. The van der Waals surface area contributed by atoms with Gasteiger partial charge in [0, 0.05) is 20.5 Å². The molecule has 1 fully saturated rings. The van der Waals surface area contributed by atoms with E-state index in [0.29, 0.717) is 5.65 Å². The molecule has 3 heterocycles. The van der Waals surface area contributed by atoms with Crippen LogP contribution in [0.1, 0.15) is 12.6 Å². The molecule has 3 N–H and O–H groups in total. The molecule has 10 heteroatoms. The zero-order valence-electron chi connectivity index (χ0n) is 12.7. The molecule has 1 saturated heterocycles. The summed E-state index contributed by atoms with van der Waals surface area (Å²) >= 11 is 0. The summed E-state index contributed by atoms with van der Waals surface area (Å²) in [6.45, 7) is -0.281. The highest BCUT2D eigenvalue weighted by molar-refractivity contribution is 5.71. The van der Waals surface area contributed by atoms with E-state index in [1.54, 1.807) is 23.6 Å². The van der Waals surface area contributed by atoms with Gasteiger partial charge in [0.25, 0.3) is 5.56 Å². The van der Waals surface area contributed by atoms with Gasteiger partial charge in [-0.2, -0.15) is 4.98 Å². The zero-order chi connectivity index (χ0) is 16.6. The van der Waals surface area contributed by atoms with Gasteiger partial charge in [-0.05, 0) is 0 Å². The Balaban J connectivity index is 2.00. The molecule has 0 amide bonds. The number of hydrogen-bond donors (Lipinski definition) is 3. The fourth-order valence-electron chi connectivity index (χ4n) is 2.41. The van der Waals surface area contributed by atoms with Crippen LogP contribution in [-0.4, -0.2) is 73.9 Å². The van der Waals surface area contributed by atoms with Gasteiger partial charge < -0.3 is 19.8 Å². The Morgan fingerprint density at radius 1 is 1.61 bits per heavy atom. The van der Waals surface area contributed by atoms with Crippen molar-refractivity contribution in [2.75, 3.05) is 20.7 Å². The Morgan fingerprint density at radius 3 is 3.04 bits per heavy atom. The first-order chi connectivity index (χ1) is 11.0. The lowest BCUT2D eigenvalue weighted by Gasteiger charge is -2.13. The number of rotatable bonds is 4. The second kappa shape index (κ2) is 6.07. The number of aliphatic imine (C=N–C) groups is 1. The molecule has 0 spiro atoms. The number of aromatic nitrogens is 4. The van der Waals surface area contributed by atoms with Crippen LogP contribution in [0.25, 0.3) is 11.2 Å². The molecule has 2 aromatic heterocycles. The van der Waals surface area contributed by atoms with Crippen molar-refractivity contribution < 1.29 is 14.9 Å². The number of hydrogen-bond acceptors (Lipinski definition) is 7. The molecule has 0 aliphatic carbocycles. The van der Waals surface area contributed by atoms with Gasteiger partial charge in [-0.15, -0.1) is 0 Å². The van der Waals surface area contributed by atoms with Gasteiger partial charge in [0.05, 0.1) is 25.4 Å². The van der Waals surface area contributed by atoms with Crippen molar-refractivity contribution in [3.8, 4) is 0 Å². The number of H-pyrrole nitrogens is 1. The summed E-state index contributed by atoms with van der Waals surface area (Å²) in [5, 5.41) is 19.0. The standard InChI is InChI=1S/C13H18N6O4/c1-18(2)5-15-13-16-11-10(12(22)17-13)14-6-19(11)9-3-7(21)8(4-20)23-9/h5-9,20-21H,3-4H2,1-2H3,(H,16,17,22)/b15-5-/t7?,8-,9-/m1/s1. The Labute approximate surface area is 131 Å². The van der Waals surface area contributed by atoms with Crippen LogP contribution in [0.4, 0.5) is 5.95 Å². The summed E-state index contributed by atoms with van der Waals surface area (Å²) in [5.74, 6) is 0.148. The second-order valence-electron chi connectivity index (χ2n) is 5.54. The number of nitrogens with one attached hydrogen (secondary N) is 1. The highest BCUT2D eigenvalue weighted by atomic mass is 16.5. The number of aromatic amines is 1. The number of aliphatic hydroxyl groups is 2. The van der Waals surface area contributed by atoms with Crippen LogP contribution in [0.3, 0.4) is 0 Å². The molecule has 10 nitrogen and oxygen atoms in total. The van der Waals surface area contributed by atoms with E-state index in [1.165, 1.54) is 12.7 Å². The first-order valence-electron chi connectivity index (χ1n) is 7.11. The van der Waals surface area contributed by atoms with E-state index in [2.05, 4.69) is 19.9 Å². The van der Waals surface area contributed by atoms with Crippen molar-refractivity contribution >= 4 is 23.5 Å². The number of imidazole rings is 1. The normalized spacial score (nSPS) is 24.8. The lowest BCUT2D eigenvalue weighted by Crippen LogP contribution is -2.24. The third-order valence-electron chi connectivity index (χ3n) is 3.53. The lowest BCUT2D eigenvalue weighted by atomic mass is 10.2. The maximum Gasteiger partial charge on any atom is 0.280 e. The number of nitrogens with zero attached hydrogens (tertiary/aromatic N) is 5. The third-order valence-corrected chi connectivity index (χ3v) is 3.53. The SMILES string of the molecule is CN(C)/C=N\c1nc2c(ncn2[C@H]2CC(O)[C@@H](CO)O2)c(=O)[nH]1. The molecule has 0 bridgehead atoms. The molecule has 23 heavy (non-hydrogen) atoms. The van der Waals surface area contributed by atoms with E-state index in [0.717, 1.165) is 0 Å². The third kappa shape index (κ3) is 2.96. The summed E-state index contributed by atoms with van der Waals surface area (Å²) in [6.07, 6.45) is 1.24. The van der Waals surface area contributed by atoms with Crippen LogP contribution in [0.5, 0.6) is 0 Å². The highest BCUT2D eigenvalue weighted by Crippen LogP contribution is 2.30. The minimum atomic E-state index is -0.782. The molecule has 0 radical (unpaired) electrons. The van der Waals surface area contributed by atoms with Gasteiger partial charge in [-0.1, -0.05) is 0 Å². The first kappa shape index (κ1) is 15.6. The Bertz CT molecular complexity index is 782. The zero-order valence-corrected chi connectivity index (χ0v) is 12.7. The predicted octanol–water partition coefficient (Wildman–Crippen LogP) is -1.02. The van der Waals surface area contributed by atoms with Crippen molar-refractivity contribution in [1.29, 1.82) is 0 Å². The molecule has 1 aliphatic rings. The monoisotopic (exact) mass is 322 g/mol. The van der Waals surface area contributed by atoms with Crippen LogP contribution < -0.4 is 5.56 Å². The molecule has 1 unspecified atom stereocenters. The van der Waals surface area contributed by atoms with Gasteiger partial charge in [-0.25, -0.2) is 9.98 Å². The maximum absolute atomic E-state index is 12.1. The molecule has 124 valence electrons. The predicted molar refractivity (Wildman–Crippen MR) is 81.6 cm³/mol. The van der Waals surface area contributed by atoms with Crippen molar-refractivity contribution in [2.24, 2.45) is 4.99 Å². The van der Waals surface area contributed by atoms with Crippen LogP contribution in [0, 0.1) is 0 Å². The molecule has 3 atom stereocenters. The first-order valence-corrected chi connectivity index (χ1v) is 7.11. The second-order valence-corrected chi connectivity index (χ2v) is 5.54. The highest BCUT2D eigenvalue weighted by Gasteiger charge is 2.35. The van der Waals surface area contributed by atoms with Crippen LogP contribution in [-0.2, 0) is 4.74 Å². The smallest absolute Gasteiger partial charge is 0.280 e. The molecular weight excluding hydrogens is 304 g/mol. The maximum atomic E-state index is 12.1. The van der Waals surface area contributed by atoms with E-state index in [1.807, 2.05) is 0 Å². The molecular formula is C13H18N6O4. The summed E-state index contributed by atoms with van der Waals surface area (Å²) in [6, 6.07) is 0. The van der Waals surface area contributed by atoms with Crippen molar-refractivity contribution in [1.82, 2.24) is 24.4 Å². The van der Waals surface area contributed by atoms with Crippen molar-refractivity contribution in [2.45, 2.75) is 24.9 Å². The quantitative estimate of drug-likeness (QED) is 0.485. The van der Waals surface area contributed by atoms with Crippen LogP contribution >= 0.6 is 0 Å². The summed E-state index contributed by atoms with van der Waals surface area (Å²) in [5.41, 5.74) is 0.0756. The fraction of sp³-hybridized carbons (Fsp3) is 0.538. The van der Waals surface area contributed by atoms with Crippen LogP contribution in [0.2, 0.25) is 0 Å². The van der Waals surface area contributed by atoms with E-state index in [9.17, 15) is 15.0 Å². The summed E-state index contributed by atoms with van der Waals surface area (Å²) in [7, 11) is 3.60. The molecule has 1 aliphatic heterocycles. The minimum Gasteiger partial charge on any atom is -0.394 e. The largest absolute Gasteiger partial charge is 0.394 e. The molecule has 0 saturated carbocycles. The average Bonchev–Trinajstić information content (AvgIpc) is 3.08. The number of aliphatic hydroxyl groups excluding tert-OH is 2. The van der Waals surface area contributed by atoms with Gasteiger partial charge in [-0.3, -0.25) is 14.3 Å². The van der Waals surface area contributed by atoms with Gasteiger partial charge >= 0.3 is 0 Å². The average molecular weight is 322 g/mol. The van der Waals surface area contributed by atoms with Gasteiger partial charge in [0.1, 0.15) is 12.3 Å². The molecule has 0 aromatic carbocycles. The Hall–Kier alpha value is -2.30. The Morgan fingerprint density at radius 2 is 2.39 bits per heavy atom. The van der Waals surface area contributed by atoms with E-state index in [-0.39, 0.29) is 24.5 Å². The topological polar surface area (TPSA) is 129 Å². The van der Waals surface area contributed by atoms with Crippen molar-refractivity contribution in [3.63, 3.8) is 0 Å². The van der Waals surface area contributed by atoms with Crippen molar-refractivity contribution in [3.05, 3.63) is 16.7 Å². The number of fused-ring (bicyclic) bond motifs is 1. The summed E-state index contributed by atoms with van der Waals surface area (Å²) < 4.78 is 7.14. The molecule has 2 aromatic rings.